The molecule has 1 aromatic carbocycles. The molecule has 1 aromatic rings. The van der Waals surface area contributed by atoms with Crippen LogP contribution in [0.3, 0.4) is 0 Å². The zero-order valence-electron chi connectivity index (χ0n) is 10.9. The molecule has 1 saturated heterocycles. The number of aryl methyl sites for hydroxylation is 1. The summed E-state index contributed by atoms with van der Waals surface area (Å²) in [4.78, 5) is 2.27. The third kappa shape index (κ3) is 3.03. The van der Waals surface area contributed by atoms with Crippen LogP contribution in [0.25, 0.3) is 0 Å². The van der Waals surface area contributed by atoms with Gasteiger partial charge in [-0.15, -0.1) is 0 Å². The fraction of sp³-hybridized carbons (Fsp3) is 0.538. The summed E-state index contributed by atoms with van der Waals surface area (Å²) in [6.07, 6.45) is 0.669. The predicted octanol–water partition coefficient (Wildman–Crippen LogP) is 1.43. The molecule has 1 N–H and O–H groups in total. The summed E-state index contributed by atoms with van der Waals surface area (Å²) < 4.78 is 25.5. The molecule has 0 amide bonds. The Bertz CT molecular complexity index is 510. The lowest BCUT2D eigenvalue weighted by molar-refractivity contribution is 0.570. The minimum absolute atomic E-state index is 0.217. The SMILES string of the molecule is Cc1cccc(N2CCCS(=O)(=O)NCC2)c1C. The number of hydrogen-bond acceptors (Lipinski definition) is 3. The number of nitrogens with zero attached hydrogens (tertiary/aromatic N) is 1. The van der Waals surface area contributed by atoms with Crippen LogP contribution in [0.15, 0.2) is 18.2 Å². The Morgan fingerprint density at radius 1 is 1.22 bits per heavy atom. The first-order valence-corrected chi connectivity index (χ1v) is 7.93. The van der Waals surface area contributed by atoms with Crippen molar-refractivity contribution in [2.75, 3.05) is 30.3 Å². The maximum Gasteiger partial charge on any atom is 0.211 e. The van der Waals surface area contributed by atoms with Crippen molar-refractivity contribution in [1.29, 1.82) is 0 Å². The zero-order chi connectivity index (χ0) is 13.2. The Labute approximate surface area is 109 Å². The smallest absolute Gasteiger partial charge is 0.211 e. The number of rotatable bonds is 1. The minimum atomic E-state index is -3.04. The lowest BCUT2D eigenvalue weighted by Crippen LogP contribution is -2.40. The molecule has 0 radical (unpaired) electrons. The molecule has 1 aliphatic heterocycles. The van der Waals surface area contributed by atoms with E-state index in [2.05, 4.69) is 41.7 Å². The van der Waals surface area contributed by atoms with Crippen molar-refractivity contribution in [3.05, 3.63) is 29.3 Å². The summed E-state index contributed by atoms with van der Waals surface area (Å²) in [6, 6.07) is 6.27. The van der Waals surface area contributed by atoms with Gasteiger partial charge in [-0.3, -0.25) is 0 Å². The van der Waals surface area contributed by atoms with E-state index in [0.717, 1.165) is 13.1 Å². The van der Waals surface area contributed by atoms with Gasteiger partial charge in [0.1, 0.15) is 0 Å². The largest absolute Gasteiger partial charge is 0.370 e. The fourth-order valence-corrected chi connectivity index (χ4v) is 3.34. The van der Waals surface area contributed by atoms with E-state index in [0.29, 0.717) is 13.0 Å². The summed E-state index contributed by atoms with van der Waals surface area (Å²) in [5.74, 6) is 0.217. The Balaban J connectivity index is 2.17. The van der Waals surface area contributed by atoms with Gasteiger partial charge in [-0.25, -0.2) is 13.1 Å². The molecule has 0 atom stereocenters. The van der Waals surface area contributed by atoms with Crippen molar-refractivity contribution in [3.8, 4) is 0 Å². The van der Waals surface area contributed by atoms with E-state index in [1.54, 1.807) is 0 Å². The molecule has 1 fully saturated rings. The number of nitrogens with one attached hydrogen (secondary N) is 1. The van der Waals surface area contributed by atoms with Crippen LogP contribution in [0.4, 0.5) is 5.69 Å². The van der Waals surface area contributed by atoms with E-state index < -0.39 is 10.0 Å². The van der Waals surface area contributed by atoms with E-state index >= 15 is 0 Å². The highest BCUT2D eigenvalue weighted by molar-refractivity contribution is 7.89. The van der Waals surface area contributed by atoms with E-state index in [1.807, 2.05) is 0 Å². The summed E-state index contributed by atoms with van der Waals surface area (Å²) in [7, 11) is -3.04. The number of hydrogen-bond donors (Lipinski definition) is 1. The van der Waals surface area contributed by atoms with E-state index in [4.69, 9.17) is 0 Å². The summed E-state index contributed by atoms with van der Waals surface area (Å²) in [6.45, 7) is 6.23. The molecule has 18 heavy (non-hydrogen) atoms. The van der Waals surface area contributed by atoms with Crippen molar-refractivity contribution in [3.63, 3.8) is 0 Å². The molecule has 0 unspecified atom stereocenters. The van der Waals surface area contributed by atoms with Crippen molar-refractivity contribution in [2.45, 2.75) is 20.3 Å². The minimum Gasteiger partial charge on any atom is -0.370 e. The van der Waals surface area contributed by atoms with Gasteiger partial charge in [-0.2, -0.15) is 0 Å². The Hall–Kier alpha value is -1.07. The molecule has 100 valence electrons. The third-order valence-electron chi connectivity index (χ3n) is 3.46. The van der Waals surface area contributed by atoms with Crippen LogP contribution in [-0.2, 0) is 10.0 Å². The molecule has 2 rings (SSSR count). The van der Waals surface area contributed by atoms with Gasteiger partial charge in [-0.1, -0.05) is 12.1 Å². The lowest BCUT2D eigenvalue weighted by Gasteiger charge is -2.29. The Kier molecular flexibility index (Phi) is 3.92. The number of anilines is 1. The first-order chi connectivity index (χ1) is 8.49. The molecule has 4 nitrogen and oxygen atoms in total. The van der Waals surface area contributed by atoms with Crippen molar-refractivity contribution in [1.82, 2.24) is 4.72 Å². The highest BCUT2D eigenvalue weighted by atomic mass is 32.2. The summed E-state index contributed by atoms with van der Waals surface area (Å²) in [5, 5.41) is 0. The fourth-order valence-electron chi connectivity index (χ4n) is 2.28. The van der Waals surface area contributed by atoms with Gasteiger partial charge in [-0.05, 0) is 37.5 Å². The quantitative estimate of drug-likeness (QED) is 0.838. The normalized spacial score (nSPS) is 20.2. The van der Waals surface area contributed by atoms with Crippen LogP contribution in [0.5, 0.6) is 0 Å². The van der Waals surface area contributed by atoms with Crippen LogP contribution in [0.1, 0.15) is 17.5 Å². The van der Waals surface area contributed by atoms with Crippen molar-refractivity contribution >= 4 is 15.7 Å². The van der Waals surface area contributed by atoms with Gasteiger partial charge in [0.2, 0.25) is 10.0 Å². The standard InChI is InChI=1S/C13H20N2O2S/c1-11-5-3-6-13(12(11)2)15-8-4-10-18(16,17)14-7-9-15/h3,5-6,14H,4,7-10H2,1-2H3. The highest BCUT2D eigenvalue weighted by Gasteiger charge is 2.17. The average molecular weight is 268 g/mol. The molecule has 1 heterocycles. The van der Waals surface area contributed by atoms with Gasteiger partial charge in [0.15, 0.2) is 0 Å². The molecule has 1 aliphatic rings. The molecular weight excluding hydrogens is 248 g/mol. The molecule has 0 spiro atoms. The molecule has 0 bridgehead atoms. The van der Waals surface area contributed by atoms with Gasteiger partial charge in [0.25, 0.3) is 0 Å². The van der Waals surface area contributed by atoms with Crippen LogP contribution < -0.4 is 9.62 Å². The second kappa shape index (κ2) is 5.28. The third-order valence-corrected chi connectivity index (χ3v) is 4.93. The summed E-state index contributed by atoms with van der Waals surface area (Å²) >= 11 is 0. The topological polar surface area (TPSA) is 49.4 Å². The van der Waals surface area contributed by atoms with E-state index in [-0.39, 0.29) is 5.75 Å². The molecule has 5 heteroatoms. The number of benzene rings is 1. The van der Waals surface area contributed by atoms with Gasteiger partial charge in [0, 0.05) is 25.3 Å². The molecule has 0 aromatic heterocycles. The Morgan fingerprint density at radius 2 is 2.00 bits per heavy atom. The highest BCUT2D eigenvalue weighted by Crippen LogP contribution is 2.23. The monoisotopic (exact) mass is 268 g/mol. The van der Waals surface area contributed by atoms with Crippen molar-refractivity contribution in [2.24, 2.45) is 0 Å². The first kappa shape index (κ1) is 13.4. The molecular formula is C13H20N2O2S. The molecule has 0 aliphatic carbocycles. The van der Waals surface area contributed by atoms with E-state index in [1.165, 1.54) is 16.8 Å². The van der Waals surface area contributed by atoms with Crippen molar-refractivity contribution < 1.29 is 8.42 Å². The Morgan fingerprint density at radius 3 is 2.78 bits per heavy atom. The maximum atomic E-state index is 11.5. The van der Waals surface area contributed by atoms with Crippen LogP contribution in [-0.4, -0.2) is 33.8 Å². The second-order valence-electron chi connectivity index (χ2n) is 4.77. The van der Waals surface area contributed by atoms with Crippen LogP contribution in [0.2, 0.25) is 0 Å². The van der Waals surface area contributed by atoms with Crippen LogP contribution >= 0.6 is 0 Å². The van der Waals surface area contributed by atoms with E-state index in [9.17, 15) is 8.42 Å². The second-order valence-corrected chi connectivity index (χ2v) is 6.70. The van der Waals surface area contributed by atoms with Gasteiger partial charge >= 0.3 is 0 Å². The van der Waals surface area contributed by atoms with Gasteiger partial charge in [0.05, 0.1) is 5.75 Å². The lowest BCUT2D eigenvalue weighted by atomic mass is 10.1. The predicted molar refractivity (Wildman–Crippen MR) is 74.5 cm³/mol. The average Bonchev–Trinajstić information content (AvgIpc) is 2.28. The summed E-state index contributed by atoms with van der Waals surface area (Å²) in [5.41, 5.74) is 3.77. The van der Waals surface area contributed by atoms with Gasteiger partial charge < -0.3 is 4.90 Å². The zero-order valence-corrected chi connectivity index (χ0v) is 11.8. The maximum absolute atomic E-state index is 11.5. The molecule has 0 saturated carbocycles. The first-order valence-electron chi connectivity index (χ1n) is 6.28. The van der Waals surface area contributed by atoms with Crippen LogP contribution in [0, 0.1) is 13.8 Å². The number of sulfonamides is 1.